The Bertz CT molecular complexity index is 534. The summed E-state index contributed by atoms with van der Waals surface area (Å²) in [5.41, 5.74) is 6.15. The molecule has 22 heavy (non-hydrogen) atoms. The summed E-state index contributed by atoms with van der Waals surface area (Å²) >= 11 is 1.61. The quantitative estimate of drug-likeness (QED) is 0.866. The van der Waals surface area contributed by atoms with E-state index in [0.717, 1.165) is 30.2 Å². The number of carbonyl (C=O) groups is 1. The van der Waals surface area contributed by atoms with Gasteiger partial charge in [-0.3, -0.25) is 4.79 Å². The first-order chi connectivity index (χ1) is 10.6. The number of carbonyl (C=O) groups excluding carboxylic acids is 1. The molecule has 4 nitrogen and oxygen atoms in total. The van der Waals surface area contributed by atoms with Gasteiger partial charge in [-0.25, -0.2) is 0 Å². The van der Waals surface area contributed by atoms with Gasteiger partial charge in [0.05, 0.1) is 12.4 Å². The summed E-state index contributed by atoms with van der Waals surface area (Å²) in [6, 6.07) is 8.15. The van der Waals surface area contributed by atoms with Gasteiger partial charge in [0.1, 0.15) is 5.75 Å². The van der Waals surface area contributed by atoms with Gasteiger partial charge in [0.15, 0.2) is 0 Å². The average molecular weight is 320 g/mol. The van der Waals surface area contributed by atoms with E-state index in [1.165, 1.54) is 6.42 Å². The molecule has 4 atom stereocenters. The topological polar surface area (TPSA) is 55.6 Å². The van der Waals surface area contributed by atoms with Crippen LogP contribution in [0.1, 0.15) is 19.8 Å². The first kappa shape index (κ1) is 15.7. The second kappa shape index (κ2) is 6.50. The third-order valence-electron chi connectivity index (χ3n) is 4.94. The highest BCUT2D eigenvalue weighted by molar-refractivity contribution is 8.00. The SMILES string of the molecule is COc1ccc(SC(C)C(=O)N2CC3CCC(N)C3C2)cc1. The molecule has 4 unspecified atom stereocenters. The maximum Gasteiger partial charge on any atom is 0.235 e. The smallest absolute Gasteiger partial charge is 0.235 e. The minimum Gasteiger partial charge on any atom is -0.497 e. The standard InChI is InChI=1S/C17H24N2O2S/c1-11(22-14-6-4-13(21-2)5-7-14)17(20)19-9-12-3-8-16(18)15(12)10-19/h4-7,11-12,15-16H,3,8-10,18H2,1-2H3. The number of thioether (sulfide) groups is 1. The van der Waals surface area contributed by atoms with Gasteiger partial charge >= 0.3 is 0 Å². The number of benzene rings is 1. The van der Waals surface area contributed by atoms with Crippen molar-refractivity contribution in [2.45, 2.75) is 36.0 Å². The van der Waals surface area contributed by atoms with Crippen LogP contribution in [0.3, 0.4) is 0 Å². The molecule has 1 aliphatic carbocycles. The van der Waals surface area contributed by atoms with Crippen LogP contribution in [0.2, 0.25) is 0 Å². The summed E-state index contributed by atoms with van der Waals surface area (Å²) in [5.74, 6) is 2.21. The number of ether oxygens (including phenoxy) is 1. The van der Waals surface area contributed by atoms with E-state index in [1.54, 1.807) is 18.9 Å². The second-order valence-corrected chi connectivity index (χ2v) is 7.76. The summed E-state index contributed by atoms with van der Waals surface area (Å²) in [6.45, 7) is 3.73. The van der Waals surface area contributed by atoms with Crippen molar-refractivity contribution in [1.29, 1.82) is 0 Å². The number of methoxy groups -OCH3 is 1. The van der Waals surface area contributed by atoms with E-state index in [1.807, 2.05) is 36.1 Å². The molecule has 1 aliphatic heterocycles. The van der Waals surface area contributed by atoms with Crippen LogP contribution in [-0.2, 0) is 4.79 Å². The number of amides is 1. The first-order valence-corrected chi connectivity index (χ1v) is 8.81. The fourth-order valence-corrected chi connectivity index (χ4v) is 4.60. The molecule has 3 rings (SSSR count). The Morgan fingerprint density at radius 2 is 2.05 bits per heavy atom. The predicted molar refractivity (Wildman–Crippen MR) is 89.1 cm³/mol. The lowest BCUT2D eigenvalue weighted by atomic mass is 9.98. The molecule has 2 fully saturated rings. The van der Waals surface area contributed by atoms with Gasteiger partial charge in [-0.05, 0) is 55.9 Å². The Morgan fingerprint density at radius 1 is 1.32 bits per heavy atom. The van der Waals surface area contributed by atoms with Crippen molar-refractivity contribution in [2.75, 3.05) is 20.2 Å². The summed E-state index contributed by atoms with van der Waals surface area (Å²) in [4.78, 5) is 15.8. The number of nitrogens with two attached hydrogens (primary N) is 1. The first-order valence-electron chi connectivity index (χ1n) is 7.93. The number of nitrogens with zero attached hydrogens (tertiary/aromatic N) is 1. The monoisotopic (exact) mass is 320 g/mol. The van der Waals surface area contributed by atoms with Gasteiger partial charge in [-0.1, -0.05) is 0 Å². The molecule has 0 aromatic heterocycles. The van der Waals surface area contributed by atoms with Crippen LogP contribution < -0.4 is 10.5 Å². The molecule has 1 aromatic rings. The zero-order valence-electron chi connectivity index (χ0n) is 13.2. The summed E-state index contributed by atoms with van der Waals surface area (Å²) in [7, 11) is 1.66. The second-order valence-electron chi connectivity index (χ2n) is 6.34. The Labute approximate surface area is 136 Å². The minimum atomic E-state index is -0.0663. The van der Waals surface area contributed by atoms with Gasteiger partial charge in [0.25, 0.3) is 0 Å². The summed E-state index contributed by atoms with van der Waals surface area (Å²) in [6.07, 6.45) is 2.29. The van der Waals surface area contributed by atoms with Crippen molar-refractivity contribution in [2.24, 2.45) is 17.6 Å². The number of fused-ring (bicyclic) bond motifs is 1. The zero-order chi connectivity index (χ0) is 15.7. The molecule has 120 valence electrons. The molecular weight excluding hydrogens is 296 g/mol. The van der Waals surface area contributed by atoms with Crippen molar-refractivity contribution in [3.05, 3.63) is 24.3 Å². The molecule has 2 N–H and O–H groups in total. The normalized spacial score (nSPS) is 28.5. The van der Waals surface area contributed by atoms with E-state index in [-0.39, 0.29) is 17.2 Å². The van der Waals surface area contributed by atoms with Crippen molar-refractivity contribution >= 4 is 17.7 Å². The Kier molecular flexibility index (Phi) is 4.64. The summed E-state index contributed by atoms with van der Waals surface area (Å²) in [5, 5.41) is -0.0663. The third kappa shape index (κ3) is 3.10. The number of rotatable bonds is 4. The predicted octanol–water partition coefficient (Wildman–Crippen LogP) is 2.37. The largest absolute Gasteiger partial charge is 0.497 e. The van der Waals surface area contributed by atoms with E-state index >= 15 is 0 Å². The summed E-state index contributed by atoms with van der Waals surface area (Å²) < 4.78 is 5.16. The average Bonchev–Trinajstić information content (AvgIpc) is 3.10. The van der Waals surface area contributed by atoms with E-state index in [9.17, 15) is 4.79 Å². The number of likely N-dealkylation sites (tertiary alicyclic amines) is 1. The van der Waals surface area contributed by atoms with Gasteiger partial charge < -0.3 is 15.4 Å². The fraction of sp³-hybridized carbons (Fsp3) is 0.588. The number of hydrogen-bond acceptors (Lipinski definition) is 4. The van der Waals surface area contributed by atoms with Crippen LogP contribution in [0.25, 0.3) is 0 Å². The van der Waals surface area contributed by atoms with Crippen LogP contribution in [-0.4, -0.2) is 42.3 Å². The molecule has 5 heteroatoms. The van der Waals surface area contributed by atoms with E-state index in [0.29, 0.717) is 11.8 Å². The van der Waals surface area contributed by atoms with Crippen molar-refractivity contribution in [3.63, 3.8) is 0 Å². The molecule has 1 heterocycles. The van der Waals surface area contributed by atoms with Crippen LogP contribution >= 0.6 is 11.8 Å². The Morgan fingerprint density at radius 3 is 2.68 bits per heavy atom. The highest BCUT2D eigenvalue weighted by Gasteiger charge is 2.43. The van der Waals surface area contributed by atoms with E-state index in [2.05, 4.69) is 0 Å². The molecule has 0 spiro atoms. The van der Waals surface area contributed by atoms with Crippen LogP contribution in [0.4, 0.5) is 0 Å². The molecule has 1 saturated heterocycles. The maximum absolute atomic E-state index is 12.7. The van der Waals surface area contributed by atoms with E-state index in [4.69, 9.17) is 10.5 Å². The van der Waals surface area contributed by atoms with Crippen LogP contribution in [0.5, 0.6) is 5.75 Å². The van der Waals surface area contributed by atoms with Crippen molar-refractivity contribution < 1.29 is 9.53 Å². The lowest BCUT2D eigenvalue weighted by Crippen LogP contribution is -2.37. The van der Waals surface area contributed by atoms with Gasteiger partial charge in [0.2, 0.25) is 5.91 Å². The lowest BCUT2D eigenvalue weighted by Gasteiger charge is -2.22. The minimum absolute atomic E-state index is 0.0663. The molecular formula is C17H24N2O2S. The van der Waals surface area contributed by atoms with Crippen LogP contribution in [0, 0.1) is 11.8 Å². The number of hydrogen-bond donors (Lipinski definition) is 1. The fourth-order valence-electron chi connectivity index (χ4n) is 3.65. The molecule has 2 aliphatic rings. The lowest BCUT2D eigenvalue weighted by molar-refractivity contribution is -0.129. The van der Waals surface area contributed by atoms with Gasteiger partial charge in [-0.2, -0.15) is 0 Å². The van der Waals surface area contributed by atoms with Gasteiger partial charge in [-0.15, -0.1) is 11.8 Å². The van der Waals surface area contributed by atoms with Crippen molar-refractivity contribution in [1.82, 2.24) is 4.90 Å². The van der Waals surface area contributed by atoms with E-state index < -0.39 is 0 Å². The third-order valence-corrected chi connectivity index (χ3v) is 6.04. The highest BCUT2D eigenvalue weighted by Crippen LogP contribution is 2.38. The Hall–Kier alpha value is -1.20. The molecule has 0 radical (unpaired) electrons. The van der Waals surface area contributed by atoms with Crippen molar-refractivity contribution in [3.8, 4) is 5.75 Å². The van der Waals surface area contributed by atoms with Crippen LogP contribution in [0.15, 0.2) is 29.2 Å². The Balaban J connectivity index is 1.58. The van der Waals surface area contributed by atoms with Gasteiger partial charge in [0, 0.05) is 24.0 Å². The highest BCUT2D eigenvalue weighted by atomic mass is 32.2. The molecule has 1 saturated carbocycles. The molecule has 1 aromatic carbocycles. The molecule has 1 amide bonds. The molecule has 0 bridgehead atoms. The zero-order valence-corrected chi connectivity index (χ0v) is 14.0. The maximum atomic E-state index is 12.7.